The van der Waals surface area contributed by atoms with Crippen LogP contribution < -0.4 is 5.14 Å². The van der Waals surface area contributed by atoms with E-state index in [2.05, 4.69) is 24.0 Å². The molecule has 1 heterocycles. The minimum Gasteiger partial charge on any atom is -0.339 e. The van der Waals surface area contributed by atoms with Gasteiger partial charge in [-0.15, -0.1) is 0 Å². The van der Waals surface area contributed by atoms with Crippen molar-refractivity contribution in [1.82, 2.24) is 10.1 Å². The molecule has 2 saturated carbocycles. The molecule has 7 heteroatoms. The second-order valence-electron chi connectivity index (χ2n) is 7.92. The highest BCUT2D eigenvalue weighted by molar-refractivity contribution is 7.89. The van der Waals surface area contributed by atoms with Gasteiger partial charge in [-0.2, -0.15) is 4.98 Å². The molecule has 25 heavy (non-hydrogen) atoms. The largest absolute Gasteiger partial charge is 0.339 e. The van der Waals surface area contributed by atoms with Gasteiger partial charge in [-0.3, -0.25) is 0 Å². The van der Waals surface area contributed by atoms with Crippen molar-refractivity contribution in [3.63, 3.8) is 0 Å². The van der Waals surface area contributed by atoms with Gasteiger partial charge in [0.25, 0.3) is 0 Å². The quantitative estimate of drug-likeness (QED) is 0.853. The van der Waals surface area contributed by atoms with Gasteiger partial charge in [-0.1, -0.05) is 44.0 Å². The van der Waals surface area contributed by atoms with Crippen LogP contribution in [0.25, 0.3) is 0 Å². The number of aryl methyl sites for hydroxylation is 1. The minimum atomic E-state index is -3.66. The van der Waals surface area contributed by atoms with Gasteiger partial charge in [0, 0.05) is 18.3 Å². The molecule has 0 aliphatic heterocycles. The van der Waals surface area contributed by atoms with Crippen LogP contribution in [-0.2, 0) is 16.4 Å². The van der Waals surface area contributed by atoms with Crippen molar-refractivity contribution in [2.75, 3.05) is 0 Å². The molecule has 6 nitrogen and oxygen atoms in total. The molecule has 0 radical (unpaired) electrons. The van der Waals surface area contributed by atoms with Gasteiger partial charge in [-0.25, -0.2) is 13.6 Å². The fourth-order valence-corrected chi connectivity index (χ4v) is 4.35. The van der Waals surface area contributed by atoms with Crippen molar-refractivity contribution >= 4 is 10.0 Å². The molecule has 0 spiro atoms. The van der Waals surface area contributed by atoms with Gasteiger partial charge in [0.15, 0.2) is 5.82 Å². The van der Waals surface area contributed by atoms with Gasteiger partial charge >= 0.3 is 0 Å². The zero-order valence-electron chi connectivity index (χ0n) is 14.5. The lowest BCUT2D eigenvalue weighted by atomic mass is 10.0. The first kappa shape index (κ1) is 16.7. The van der Waals surface area contributed by atoms with Crippen LogP contribution in [0.5, 0.6) is 0 Å². The summed E-state index contributed by atoms with van der Waals surface area (Å²) in [4.78, 5) is 4.74. The second-order valence-corrected chi connectivity index (χ2v) is 9.48. The first-order valence-corrected chi connectivity index (χ1v) is 10.3. The first-order chi connectivity index (χ1) is 11.8. The highest BCUT2D eigenvalue weighted by atomic mass is 32.2. The van der Waals surface area contributed by atoms with Crippen molar-refractivity contribution in [2.45, 2.75) is 56.3 Å². The monoisotopic (exact) mass is 361 g/mol. The van der Waals surface area contributed by atoms with Gasteiger partial charge in [-0.05, 0) is 35.4 Å². The molecular formula is C18H23N3O3S. The average molecular weight is 361 g/mol. The summed E-state index contributed by atoms with van der Waals surface area (Å²) >= 11 is 0. The van der Waals surface area contributed by atoms with Gasteiger partial charge < -0.3 is 4.52 Å². The predicted molar refractivity (Wildman–Crippen MR) is 92.4 cm³/mol. The summed E-state index contributed by atoms with van der Waals surface area (Å²) in [6.07, 6.45) is 4.65. The second kappa shape index (κ2) is 5.64. The zero-order valence-corrected chi connectivity index (χ0v) is 15.3. The number of aromatic nitrogens is 2. The van der Waals surface area contributed by atoms with E-state index in [4.69, 9.17) is 9.66 Å². The Labute approximate surface area is 147 Å². The fraction of sp³-hybridized carbons (Fsp3) is 0.556. The Balaban J connectivity index is 1.51. The molecule has 1 aromatic carbocycles. The van der Waals surface area contributed by atoms with Crippen molar-refractivity contribution in [2.24, 2.45) is 16.5 Å². The molecule has 2 aliphatic rings. The fourth-order valence-electron chi connectivity index (χ4n) is 3.84. The predicted octanol–water partition coefficient (Wildman–Crippen LogP) is 2.97. The maximum absolute atomic E-state index is 11.4. The summed E-state index contributed by atoms with van der Waals surface area (Å²) in [5.74, 6) is 2.77. The van der Waals surface area contributed by atoms with E-state index >= 15 is 0 Å². The molecule has 4 rings (SSSR count). The van der Waals surface area contributed by atoms with Crippen LogP contribution >= 0.6 is 0 Å². The Morgan fingerprint density at radius 2 is 1.88 bits per heavy atom. The molecule has 2 fully saturated rings. The summed E-state index contributed by atoms with van der Waals surface area (Å²) < 4.78 is 28.2. The average Bonchev–Trinajstić information content (AvgIpc) is 3.41. The highest BCUT2D eigenvalue weighted by Gasteiger charge is 2.61. The summed E-state index contributed by atoms with van der Waals surface area (Å²) in [5, 5.41) is 9.37. The molecular weight excluding hydrogens is 338 g/mol. The Bertz CT molecular complexity index is 883. The Kier molecular flexibility index (Phi) is 3.77. The molecule has 0 saturated heterocycles. The van der Waals surface area contributed by atoms with Crippen molar-refractivity contribution in [1.29, 1.82) is 0 Å². The molecule has 2 N–H and O–H groups in total. The Hall–Kier alpha value is -1.73. The van der Waals surface area contributed by atoms with E-state index in [1.807, 2.05) is 12.1 Å². The molecule has 0 unspecified atom stereocenters. The van der Waals surface area contributed by atoms with E-state index in [1.54, 1.807) is 12.1 Å². The number of nitrogens with zero attached hydrogens (tertiary/aromatic N) is 2. The van der Waals surface area contributed by atoms with E-state index in [0.717, 1.165) is 36.0 Å². The zero-order chi connectivity index (χ0) is 17.8. The van der Waals surface area contributed by atoms with E-state index in [9.17, 15) is 8.42 Å². The summed E-state index contributed by atoms with van der Waals surface area (Å²) in [5.41, 5.74) is 1.09. The third-order valence-electron chi connectivity index (χ3n) is 5.62. The number of benzene rings is 1. The molecule has 2 aliphatic carbocycles. The van der Waals surface area contributed by atoms with E-state index in [1.165, 1.54) is 12.8 Å². The van der Waals surface area contributed by atoms with Gasteiger partial charge in [0.2, 0.25) is 15.9 Å². The highest BCUT2D eigenvalue weighted by Crippen LogP contribution is 2.69. The first-order valence-electron chi connectivity index (χ1n) is 8.72. The lowest BCUT2D eigenvalue weighted by Crippen LogP contribution is -2.11. The summed E-state index contributed by atoms with van der Waals surface area (Å²) in [6.45, 7) is 4.35. The maximum atomic E-state index is 11.4. The van der Waals surface area contributed by atoms with Crippen LogP contribution in [0.15, 0.2) is 33.7 Å². The number of primary sulfonamides is 1. The van der Waals surface area contributed by atoms with E-state index in [0.29, 0.717) is 0 Å². The molecule has 0 bridgehead atoms. The van der Waals surface area contributed by atoms with E-state index in [-0.39, 0.29) is 22.1 Å². The molecule has 2 atom stereocenters. The molecule has 0 amide bonds. The topological polar surface area (TPSA) is 99.1 Å². The summed E-state index contributed by atoms with van der Waals surface area (Å²) in [7, 11) is -3.66. The third-order valence-corrected chi connectivity index (χ3v) is 6.55. The van der Waals surface area contributed by atoms with Crippen molar-refractivity contribution < 1.29 is 12.9 Å². The smallest absolute Gasteiger partial charge is 0.238 e. The molecule has 2 aromatic rings. The maximum Gasteiger partial charge on any atom is 0.238 e. The van der Waals surface area contributed by atoms with Gasteiger partial charge in [0.05, 0.1) is 4.90 Å². The molecule has 134 valence electrons. The third kappa shape index (κ3) is 3.22. The number of sulfonamides is 1. The van der Waals surface area contributed by atoms with Crippen LogP contribution in [0, 0.1) is 11.3 Å². The van der Waals surface area contributed by atoms with Crippen molar-refractivity contribution in [3.8, 4) is 0 Å². The van der Waals surface area contributed by atoms with Crippen LogP contribution in [0.3, 0.4) is 0 Å². The van der Waals surface area contributed by atoms with Crippen LogP contribution in [0.1, 0.15) is 62.2 Å². The van der Waals surface area contributed by atoms with Crippen LogP contribution in [0.2, 0.25) is 0 Å². The standard InChI is InChI=1S/C18H23N3O3S/c1-18(2)15(12-6-8-13(9-7-12)25(19,22)23)16(18)17-20-14(24-21-17)10-5-11-3-4-11/h6-9,11,15-16H,3-5,10H2,1-2H3,(H2,19,22,23)/t15-,16+/m1/s1. The van der Waals surface area contributed by atoms with Crippen LogP contribution in [-0.4, -0.2) is 18.6 Å². The number of rotatable bonds is 6. The van der Waals surface area contributed by atoms with Gasteiger partial charge in [0.1, 0.15) is 0 Å². The summed E-state index contributed by atoms with van der Waals surface area (Å²) in [6, 6.07) is 6.79. The lowest BCUT2D eigenvalue weighted by Gasteiger charge is -2.04. The Morgan fingerprint density at radius 3 is 2.48 bits per heavy atom. The lowest BCUT2D eigenvalue weighted by molar-refractivity contribution is 0.366. The Morgan fingerprint density at radius 1 is 1.20 bits per heavy atom. The number of nitrogens with two attached hydrogens (primary N) is 1. The minimum absolute atomic E-state index is 0.0146. The number of hydrogen-bond acceptors (Lipinski definition) is 5. The molecule has 1 aromatic heterocycles. The van der Waals surface area contributed by atoms with Crippen molar-refractivity contribution in [3.05, 3.63) is 41.5 Å². The SMILES string of the molecule is CC1(C)[C@H](c2ccc(S(N)(=O)=O)cc2)[C@H]1c1noc(CCC2CC2)n1. The number of hydrogen-bond donors (Lipinski definition) is 1. The normalized spacial score (nSPS) is 25.1. The van der Waals surface area contributed by atoms with E-state index < -0.39 is 10.0 Å². The van der Waals surface area contributed by atoms with Crippen LogP contribution in [0.4, 0.5) is 0 Å².